The van der Waals surface area contributed by atoms with Crippen LogP contribution in [-0.4, -0.2) is 11.6 Å². The molecule has 0 saturated heterocycles. The van der Waals surface area contributed by atoms with Crippen LogP contribution < -0.4 is 4.74 Å². The minimum Gasteiger partial charge on any atom is -0.493 e. The van der Waals surface area contributed by atoms with Crippen molar-refractivity contribution in [1.82, 2.24) is 4.98 Å². The smallest absolute Gasteiger partial charge is 0.125 e. The monoisotopic (exact) mass is 343 g/mol. The SMILES string of the molecule is Cc1cc(Cl)cc(C)c1OCCCCc1nc(CCl)cs1. The van der Waals surface area contributed by atoms with Crippen LogP contribution in [0.15, 0.2) is 17.5 Å². The van der Waals surface area contributed by atoms with Crippen molar-refractivity contribution >= 4 is 34.5 Å². The van der Waals surface area contributed by atoms with Crippen molar-refractivity contribution in [2.45, 2.75) is 39.0 Å². The zero-order valence-electron chi connectivity index (χ0n) is 12.3. The average molecular weight is 344 g/mol. The van der Waals surface area contributed by atoms with Gasteiger partial charge in [0.05, 0.1) is 23.2 Å². The molecule has 0 N–H and O–H groups in total. The van der Waals surface area contributed by atoms with E-state index in [0.29, 0.717) is 5.88 Å². The molecule has 5 heteroatoms. The highest BCUT2D eigenvalue weighted by molar-refractivity contribution is 7.09. The number of aryl methyl sites for hydroxylation is 3. The first kappa shape index (κ1) is 16.6. The number of unbranched alkanes of at least 4 members (excludes halogenated alkanes) is 1. The molecule has 0 saturated carbocycles. The predicted octanol–water partition coefficient (Wildman–Crippen LogP) is 5.55. The molecule has 0 fully saturated rings. The summed E-state index contributed by atoms with van der Waals surface area (Å²) in [5.41, 5.74) is 3.15. The van der Waals surface area contributed by atoms with Crippen molar-refractivity contribution in [3.8, 4) is 5.75 Å². The van der Waals surface area contributed by atoms with Gasteiger partial charge in [-0.3, -0.25) is 0 Å². The summed E-state index contributed by atoms with van der Waals surface area (Å²) in [6.45, 7) is 4.77. The van der Waals surface area contributed by atoms with Crippen LogP contribution >= 0.6 is 34.5 Å². The van der Waals surface area contributed by atoms with E-state index in [-0.39, 0.29) is 0 Å². The Morgan fingerprint density at radius 1 is 1.19 bits per heavy atom. The fraction of sp³-hybridized carbons (Fsp3) is 0.438. The Hall–Kier alpha value is -0.770. The van der Waals surface area contributed by atoms with E-state index in [4.69, 9.17) is 27.9 Å². The molecular formula is C16H19Cl2NOS. The summed E-state index contributed by atoms with van der Waals surface area (Å²) in [4.78, 5) is 4.45. The number of hydrogen-bond acceptors (Lipinski definition) is 3. The van der Waals surface area contributed by atoms with Gasteiger partial charge in [0.2, 0.25) is 0 Å². The second kappa shape index (κ2) is 8.02. The normalized spacial score (nSPS) is 10.9. The minimum atomic E-state index is 0.495. The molecule has 0 spiro atoms. The van der Waals surface area contributed by atoms with Crippen LogP contribution in [0.4, 0.5) is 0 Å². The molecular weight excluding hydrogens is 325 g/mol. The Morgan fingerprint density at radius 2 is 1.90 bits per heavy atom. The predicted molar refractivity (Wildman–Crippen MR) is 91.0 cm³/mol. The number of thiazole rings is 1. The van der Waals surface area contributed by atoms with Gasteiger partial charge >= 0.3 is 0 Å². The summed E-state index contributed by atoms with van der Waals surface area (Å²) in [7, 11) is 0. The molecule has 0 aliphatic heterocycles. The largest absolute Gasteiger partial charge is 0.493 e. The first-order valence-electron chi connectivity index (χ1n) is 6.99. The molecule has 1 aromatic carbocycles. The molecule has 2 rings (SSSR count). The van der Waals surface area contributed by atoms with Crippen molar-refractivity contribution in [1.29, 1.82) is 0 Å². The lowest BCUT2D eigenvalue weighted by atomic mass is 10.1. The number of ether oxygens (including phenoxy) is 1. The van der Waals surface area contributed by atoms with Crippen LogP contribution in [0.2, 0.25) is 5.02 Å². The van der Waals surface area contributed by atoms with Crippen molar-refractivity contribution < 1.29 is 4.74 Å². The third-order valence-electron chi connectivity index (χ3n) is 3.19. The van der Waals surface area contributed by atoms with Gasteiger partial charge in [0.25, 0.3) is 0 Å². The Labute approximate surface area is 140 Å². The van der Waals surface area contributed by atoms with E-state index in [2.05, 4.69) is 4.98 Å². The summed E-state index contributed by atoms with van der Waals surface area (Å²) in [6, 6.07) is 3.88. The fourth-order valence-electron chi connectivity index (χ4n) is 2.20. The molecule has 0 atom stereocenters. The molecule has 2 aromatic rings. The van der Waals surface area contributed by atoms with E-state index >= 15 is 0 Å². The summed E-state index contributed by atoms with van der Waals surface area (Å²) in [5.74, 6) is 1.45. The number of aromatic nitrogens is 1. The summed E-state index contributed by atoms with van der Waals surface area (Å²) in [6.07, 6.45) is 3.07. The molecule has 0 aliphatic carbocycles. The summed E-state index contributed by atoms with van der Waals surface area (Å²) < 4.78 is 5.89. The Kier molecular flexibility index (Phi) is 6.34. The van der Waals surface area contributed by atoms with Gasteiger partial charge in [-0.25, -0.2) is 4.98 Å². The highest BCUT2D eigenvalue weighted by atomic mass is 35.5. The van der Waals surface area contributed by atoms with Gasteiger partial charge < -0.3 is 4.74 Å². The van der Waals surface area contributed by atoms with Crippen LogP contribution in [0, 0.1) is 13.8 Å². The second-order valence-corrected chi connectivity index (χ2v) is 6.69. The van der Waals surface area contributed by atoms with Gasteiger partial charge in [0, 0.05) is 10.4 Å². The van der Waals surface area contributed by atoms with Crippen LogP contribution in [0.25, 0.3) is 0 Å². The van der Waals surface area contributed by atoms with Crippen molar-refractivity contribution in [2.24, 2.45) is 0 Å². The maximum atomic E-state index is 6.02. The topological polar surface area (TPSA) is 22.1 Å². The van der Waals surface area contributed by atoms with Crippen LogP contribution in [0.3, 0.4) is 0 Å². The summed E-state index contributed by atoms with van der Waals surface area (Å²) >= 11 is 13.4. The third-order valence-corrected chi connectivity index (χ3v) is 4.64. The molecule has 0 bridgehead atoms. The lowest BCUT2D eigenvalue weighted by molar-refractivity contribution is 0.303. The van der Waals surface area contributed by atoms with Crippen LogP contribution in [0.1, 0.15) is 34.7 Å². The molecule has 114 valence electrons. The standard InChI is InChI=1S/C16H19Cl2NOS/c1-11-7-13(18)8-12(2)16(11)20-6-4-3-5-15-19-14(9-17)10-21-15/h7-8,10H,3-6,9H2,1-2H3. The van der Waals surface area contributed by atoms with Crippen molar-refractivity contribution in [2.75, 3.05) is 6.61 Å². The maximum absolute atomic E-state index is 6.02. The second-order valence-electron chi connectivity index (χ2n) is 5.04. The molecule has 0 unspecified atom stereocenters. The highest BCUT2D eigenvalue weighted by Crippen LogP contribution is 2.27. The Morgan fingerprint density at radius 3 is 2.52 bits per heavy atom. The lowest BCUT2D eigenvalue weighted by Crippen LogP contribution is -2.01. The van der Waals surface area contributed by atoms with E-state index in [1.54, 1.807) is 11.3 Å². The van der Waals surface area contributed by atoms with E-state index in [1.165, 1.54) is 0 Å². The fourth-order valence-corrected chi connectivity index (χ4v) is 3.60. The highest BCUT2D eigenvalue weighted by Gasteiger charge is 2.06. The first-order chi connectivity index (χ1) is 10.1. The zero-order valence-corrected chi connectivity index (χ0v) is 14.6. The van der Waals surface area contributed by atoms with Gasteiger partial charge in [-0.1, -0.05) is 11.6 Å². The average Bonchev–Trinajstić information content (AvgIpc) is 2.88. The van der Waals surface area contributed by atoms with Gasteiger partial charge in [-0.2, -0.15) is 0 Å². The zero-order chi connectivity index (χ0) is 15.2. The van der Waals surface area contributed by atoms with E-state index in [1.807, 2.05) is 31.4 Å². The van der Waals surface area contributed by atoms with E-state index in [9.17, 15) is 0 Å². The molecule has 1 aromatic heterocycles. The quantitative estimate of drug-likeness (QED) is 0.485. The molecule has 0 amide bonds. The van der Waals surface area contributed by atoms with Gasteiger partial charge in [0.15, 0.2) is 0 Å². The molecule has 0 radical (unpaired) electrons. The molecule has 2 nitrogen and oxygen atoms in total. The third kappa shape index (κ3) is 4.87. The number of rotatable bonds is 7. The maximum Gasteiger partial charge on any atom is 0.125 e. The lowest BCUT2D eigenvalue weighted by Gasteiger charge is -2.12. The minimum absolute atomic E-state index is 0.495. The Balaban J connectivity index is 1.75. The van der Waals surface area contributed by atoms with Gasteiger partial charge in [-0.05, 0) is 56.4 Å². The van der Waals surface area contributed by atoms with Gasteiger partial charge in [0.1, 0.15) is 5.75 Å². The molecule has 1 heterocycles. The number of nitrogens with zero attached hydrogens (tertiary/aromatic N) is 1. The first-order valence-corrected chi connectivity index (χ1v) is 8.78. The number of hydrogen-bond donors (Lipinski definition) is 0. The molecule has 21 heavy (non-hydrogen) atoms. The van der Waals surface area contributed by atoms with E-state index < -0.39 is 0 Å². The number of benzene rings is 1. The van der Waals surface area contributed by atoms with Crippen molar-refractivity contribution in [3.05, 3.63) is 44.4 Å². The number of alkyl halides is 1. The van der Waals surface area contributed by atoms with Crippen LogP contribution in [-0.2, 0) is 12.3 Å². The van der Waals surface area contributed by atoms with E-state index in [0.717, 1.165) is 58.5 Å². The number of halogens is 2. The van der Waals surface area contributed by atoms with Crippen LogP contribution in [0.5, 0.6) is 5.75 Å². The van der Waals surface area contributed by atoms with Gasteiger partial charge in [-0.15, -0.1) is 22.9 Å². The molecule has 0 aliphatic rings. The van der Waals surface area contributed by atoms with Crippen molar-refractivity contribution in [3.63, 3.8) is 0 Å². The Bertz CT molecular complexity index is 575. The summed E-state index contributed by atoms with van der Waals surface area (Å²) in [5, 5.41) is 3.94.